The van der Waals surface area contributed by atoms with Gasteiger partial charge >= 0.3 is 6.09 Å². The van der Waals surface area contributed by atoms with Gasteiger partial charge in [-0.05, 0) is 70.0 Å². The largest absolute Gasteiger partial charge is 0.484 e. The van der Waals surface area contributed by atoms with E-state index >= 15 is 0 Å². The van der Waals surface area contributed by atoms with Gasteiger partial charge in [-0.15, -0.1) is 0 Å². The zero-order valence-electron chi connectivity index (χ0n) is 20.1. The average Bonchev–Trinajstić information content (AvgIpc) is 2.80. The average molecular weight is 540 g/mol. The Labute approximate surface area is 219 Å². The Morgan fingerprint density at radius 3 is 2.42 bits per heavy atom. The van der Waals surface area contributed by atoms with E-state index in [0.717, 1.165) is 6.07 Å². The molecule has 1 unspecified atom stereocenters. The highest BCUT2D eigenvalue weighted by atomic mass is 35.5. The van der Waals surface area contributed by atoms with E-state index in [4.69, 9.17) is 32.7 Å². The standard InChI is InChI=1S/C25H28Cl2FN3O5/c1-25(2,3)36-24(34)31-13-17(29-22(32)14-35-18-9-10-19(27)20(28)12-18)8-11-21(31)23(33)30-16-6-4-15(26)5-7-16/h4-7,9-10,12,17,21H,8,11,13-14H2,1-3H3,(H,29,32)(H,30,33)/t17?,21-/m1/s1. The fourth-order valence-electron chi connectivity index (χ4n) is 3.63. The molecule has 0 aliphatic carbocycles. The van der Waals surface area contributed by atoms with Crippen molar-refractivity contribution in [3.8, 4) is 5.75 Å². The number of ether oxygens (including phenoxy) is 2. The number of anilines is 1. The molecule has 0 spiro atoms. The smallest absolute Gasteiger partial charge is 0.411 e. The fraction of sp³-hybridized carbons (Fsp3) is 0.400. The first-order chi connectivity index (χ1) is 16.9. The summed E-state index contributed by atoms with van der Waals surface area (Å²) in [4.78, 5) is 39.7. The van der Waals surface area contributed by atoms with E-state index in [-0.39, 0.29) is 29.8 Å². The summed E-state index contributed by atoms with van der Waals surface area (Å²) in [7, 11) is 0. The van der Waals surface area contributed by atoms with Gasteiger partial charge < -0.3 is 20.1 Å². The first-order valence-corrected chi connectivity index (χ1v) is 12.1. The van der Waals surface area contributed by atoms with Gasteiger partial charge in [0.1, 0.15) is 23.2 Å². The first-order valence-electron chi connectivity index (χ1n) is 11.3. The number of likely N-dealkylation sites (tertiary alicyclic amines) is 1. The second-order valence-electron chi connectivity index (χ2n) is 9.35. The normalized spacial score (nSPS) is 17.8. The van der Waals surface area contributed by atoms with Crippen molar-refractivity contribution >= 4 is 46.8 Å². The second kappa shape index (κ2) is 11.8. The van der Waals surface area contributed by atoms with Gasteiger partial charge in [-0.25, -0.2) is 9.18 Å². The number of nitrogens with zero attached hydrogens (tertiary/aromatic N) is 1. The number of amides is 3. The quantitative estimate of drug-likeness (QED) is 0.536. The van der Waals surface area contributed by atoms with Crippen molar-refractivity contribution in [2.24, 2.45) is 0 Å². The van der Waals surface area contributed by atoms with Crippen LogP contribution in [0.4, 0.5) is 14.9 Å². The predicted molar refractivity (Wildman–Crippen MR) is 135 cm³/mol. The summed E-state index contributed by atoms with van der Waals surface area (Å²) >= 11 is 11.6. The number of carbonyl (C=O) groups is 3. The highest BCUT2D eigenvalue weighted by molar-refractivity contribution is 6.31. The maximum atomic E-state index is 13.6. The van der Waals surface area contributed by atoms with Gasteiger partial charge in [0.25, 0.3) is 5.91 Å². The molecule has 3 amide bonds. The van der Waals surface area contributed by atoms with Crippen molar-refractivity contribution in [2.45, 2.75) is 51.3 Å². The van der Waals surface area contributed by atoms with Crippen LogP contribution < -0.4 is 15.4 Å². The van der Waals surface area contributed by atoms with E-state index in [1.54, 1.807) is 45.0 Å². The molecule has 1 fully saturated rings. The van der Waals surface area contributed by atoms with E-state index in [9.17, 15) is 18.8 Å². The van der Waals surface area contributed by atoms with Crippen molar-refractivity contribution in [1.82, 2.24) is 10.2 Å². The summed E-state index contributed by atoms with van der Waals surface area (Å²) in [5, 5.41) is 6.08. The highest BCUT2D eigenvalue weighted by Gasteiger charge is 2.38. The van der Waals surface area contributed by atoms with Crippen LogP contribution in [-0.2, 0) is 14.3 Å². The zero-order chi connectivity index (χ0) is 26.5. The molecule has 1 saturated heterocycles. The van der Waals surface area contributed by atoms with Gasteiger partial charge in [-0.2, -0.15) is 0 Å². The fourth-order valence-corrected chi connectivity index (χ4v) is 3.87. The van der Waals surface area contributed by atoms with Crippen LogP contribution in [0, 0.1) is 5.82 Å². The summed E-state index contributed by atoms with van der Waals surface area (Å²) in [6.45, 7) is 4.90. The molecule has 2 aromatic rings. The third-order valence-electron chi connectivity index (χ3n) is 5.25. The summed E-state index contributed by atoms with van der Waals surface area (Å²) < 4.78 is 24.4. The predicted octanol–water partition coefficient (Wildman–Crippen LogP) is 5.03. The van der Waals surface area contributed by atoms with Crippen molar-refractivity contribution in [1.29, 1.82) is 0 Å². The Balaban J connectivity index is 1.64. The molecule has 36 heavy (non-hydrogen) atoms. The molecule has 0 aromatic heterocycles. The van der Waals surface area contributed by atoms with Crippen LogP contribution in [0.1, 0.15) is 33.6 Å². The number of rotatable bonds is 6. The molecule has 11 heteroatoms. The molecular weight excluding hydrogens is 512 g/mol. The monoisotopic (exact) mass is 539 g/mol. The molecule has 0 saturated carbocycles. The molecule has 1 aliphatic rings. The molecule has 2 aromatic carbocycles. The van der Waals surface area contributed by atoms with Gasteiger partial charge in [0.15, 0.2) is 6.61 Å². The third kappa shape index (κ3) is 7.99. The van der Waals surface area contributed by atoms with Crippen LogP contribution in [0.3, 0.4) is 0 Å². The zero-order valence-corrected chi connectivity index (χ0v) is 21.7. The molecule has 1 heterocycles. The summed E-state index contributed by atoms with van der Waals surface area (Å²) in [5.74, 6) is -1.33. The van der Waals surface area contributed by atoms with Gasteiger partial charge in [0.05, 0.1) is 5.02 Å². The first kappa shape index (κ1) is 27.5. The SMILES string of the molecule is CC(C)(C)OC(=O)N1CC(NC(=O)COc2ccc(Cl)c(F)c2)CC[C@@H]1C(=O)Nc1ccc(Cl)cc1. The molecular formula is C25H28Cl2FN3O5. The molecule has 0 bridgehead atoms. The van der Waals surface area contributed by atoms with Crippen molar-refractivity contribution in [3.63, 3.8) is 0 Å². The minimum atomic E-state index is -0.794. The lowest BCUT2D eigenvalue weighted by molar-refractivity contribution is -0.125. The molecule has 1 aliphatic heterocycles. The van der Waals surface area contributed by atoms with Crippen LogP contribution in [0.25, 0.3) is 0 Å². The minimum Gasteiger partial charge on any atom is -0.484 e. The number of hydrogen-bond acceptors (Lipinski definition) is 5. The number of hydrogen-bond donors (Lipinski definition) is 2. The third-order valence-corrected chi connectivity index (χ3v) is 5.81. The van der Waals surface area contributed by atoms with Gasteiger partial charge in [-0.1, -0.05) is 23.2 Å². The van der Waals surface area contributed by atoms with E-state index in [0.29, 0.717) is 23.6 Å². The minimum absolute atomic E-state index is 0.0501. The van der Waals surface area contributed by atoms with Crippen LogP contribution in [0.15, 0.2) is 42.5 Å². The van der Waals surface area contributed by atoms with Gasteiger partial charge in [0, 0.05) is 29.4 Å². The summed E-state index contributed by atoms with van der Waals surface area (Å²) in [5.41, 5.74) is -0.230. The van der Waals surface area contributed by atoms with Gasteiger partial charge in [-0.3, -0.25) is 14.5 Å². The molecule has 2 atom stereocenters. The molecule has 8 nitrogen and oxygen atoms in total. The lowest BCUT2D eigenvalue weighted by atomic mass is 9.97. The van der Waals surface area contributed by atoms with Crippen LogP contribution in [0.5, 0.6) is 5.75 Å². The maximum Gasteiger partial charge on any atom is 0.411 e. The van der Waals surface area contributed by atoms with Crippen molar-refractivity contribution in [2.75, 3.05) is 18.5 Å². The Morgan fingerprint density at radius 1 is 1.08 bits per heavy atom. The Hall–Kier alpha value is -3.04. The Morgan fingerprint density at radius 2 is 1.78 bits per heavy atom. The van der Waals surface area contributed by atoms with Crippen LogP contribution in [0.2, 0.25) is 10.0 Å². The molecule has 3 rings (SSSR count). The van der Waals surface area contributed by atoms with Crippen LogP contribution in [-0.4, -0.2) is 53.6 Å². The summed E-state index contributed by atoms with van der Waals surface area (Å²) in [6, 6.07) is 9.27. The number of nitrogens with one attached hydrogen (secondary N) is 2. The van der Waals surface area contributed by atoms with Crippen molar-refractivity contribution in [3.05, 3.63) is 58.3 Å². The van der Waals surface area contributed by atoms with E-state index < -0.39 is 35.5 Å². The van der Waals surface area contributed by atoms with Crippen LogP contribution >= 0.6 is 23.2 Å². The Kier molecular flexibility index (Phi) is 9.03. The number of carbonyl (C=O) groups excluding carboxylic acids is 3. The lowest BCUT2D eigenvalue weighted by Crippen LogP contribution is -2.58. The molecule has 0 radical (unpaired) electrons. The number of halogens is 3. The molecule has 194 valence electrons. The van der Waals surface area contributed by atoms with E-state index in [2.05, 4.69) is 10.6 Å². The number of benzene rings is 2. The maximum absolute atomic E-state index is 13.6. The Bertz CT molecular complexity index is 1110. The van der Waals surface area contributed by atoms with Crippen molar-refractivity contribution < 1.29 is 28.2 Å². The van der Waals surface area contributed by atoms with Gasteiger partial charge in [0.2, 0.25) is 5.91 Å². The summed E-state index contributed by atoms with van der Waals surface area (Å²) in [6.07, 6.45) is 0.0808. The topological polar surface area (TPSA) is 97.0 Å². The lowest BCUT2D eigenvalue weighted by Gasteiger charge is -2.39. The van der Waals surface area contributed by atoms with E-state index in [1.165, 1.54) is 17.0 Å². The molecule has 2 N–H and O–H groups in total. The highest BCUT2D eigenvalue weighted by Crippen LogP contribution is 2.24. The second-order valence-corrected chi connectivity index (χ2v) is 10.2. The van der Waals surface area contributed by atoms with E-state index in [1.807, 2.05) is 0 Å². The number of piperidine rings is 1.